The highest BCUT2D eigenvalue weighted by atomic mass is 16.5. The highest BCUT2D eigenvalue weighted by Crippen LogP contribution is 2.44. The van der Waals surface area contributed by atoms with Gasteiger partial charge in [0.2, 0.25) is 5.91 Å². The van der Waals surface area contributed by atoms with Gasteiger partial charge in [-0.3, -0.25) is 4.79 Å². The van der Waals surface area contributed by atoms with Crippen LogP contribution in [-0.2, 0) is 14.3 Å². The molecule has 1 unspecified atom stereocenters. The molecular formula is C26H30N2O6. The molecule has 0 bridgehead atoms. The summed E-state index contributed by atoms with van der Waals surface area (Å²) >= 11 is 0. The first kappa shape index (κ1) is 23.8. The zero-order valence-corrected chi connectivity index (χ0v) is 19.1. The highest BCUT2D eigenvalue weighted by molar-refractivity contribution is 5.87. The minimum Gasteiger partial charge on any atom is -0.479 e. The van der Waals surface area contributed by atoms with E-state index in [-0.39, 0.29) is 30.9 Å². The fourth-order valence-electron chi connectivity index (χ4n) is 5.02. The summed E-state index contributed by atoms with van der Waals surface area (Å²) in [6.45, 7) is 0.764. The lowest BCUT2D eigenvalue weighted by Gasteiger charge is -2.26. The maximum Gasteiger partial charge on any atom is 0.407 e. The van der Waals surface area contributed by atoms with Gasteiger partial charge in [0.15, 0.2) is 5.54 Å². The number of nitrogens with one attached hydrogen (secondary N) is 2. The average molecular weight is 467 g/mol. The number of rotatable bonds is 8. The lowest BCUT2D eigenvalue weighted by molar-refractivity contribution is -0.148. The first-order valence-corrected chi connectivity index (χ1v) is 11.6. The number of benzene rings is 2. The normalized spacial score (nSPS) is 20.6. The van der Waals surface area contributed by atoms with Gasteiger partial charge in [0.25, 0.3) is 0 Å². The third kappa shape index (κ3) is 4.77. The largest absolute Gasteiger partial charge is 0.479 e. The van der Waals surface area contributed by atoms with Gasteiger partial charge in [0.05, 0.1) is 6.61 Å². The number of carboxylic acids is 1. The number of carbonyl (C=O) groups excluding carboxylic acids is 2. The third-order valence-corrected chi connectivity index (χ3v) is 6.96. The molecule has 0 aromatic heterocycles. The van der Waals surface area contributed by atoms with E-state index < -0.39 is 30.1 Å². The van der Waals surface area contributed by atoms with Crippen molar-refractivity contribution in [3.05, 3.63) is 59.7 Å². The maximum absolute atomic E-state index is 12.6. The minimum atomic E-state index is -1.73. The molecule has 1 saturated carbocycles. The van der Waals surface area contributed by atoms with Crippen LogP contribution in [0.2, 0.25) is 0 Å². The smallest absolute Gasteiger partial charge is 0.407 e. The Labute approximate surface area is 198 Å². The van der Waals surface area contributed by atoms with Crippen molar-refractivity contribution < 1.29 is 29.3 Å². The molecule has 2 aliphatic carbocycles. The Balaban J connectivity index is 1.33. The highest BCUT2D eigenvalue weighted by Gasteiger charge is 2.37. The Bertz CT molecular complexity index is 1040. The maximum atomic E-state index is 12.6. The number of aliphatic carboxylic acids is 1. The van der Waals surface area contributed by atoms with Crippen LogP contribution in [0.25, 0.3) is 11.1 Å². The van der Waals surface area contributed by atoms with Crippen molar-refractivity contribution in [2.45, 2.75) is 50.1 Å². The predicted molar refractivity (Wildman–Crippen MR) is 125 cm³/mol. The topological polar surface area (TPSA) is 125 Å². The first-order chi connectivity index (χ1) is 16.3. The molecule has 0 spiro atoms. The average Bonchev–Trinajstić information content (AvgIpc) is 3.39. The van der Waals surface area contributed by atoms with E-state index in [1.54, 1.807) is 0 Å². The molecule has 3 atom stereocenters. The van der Waals surface area contributed by atoms with Gasteiger partial charge in [-0.2, -0.15) is 0 Å². The van der Waals surface area contributed by atoms with Crippen molar-refractivity contribution in [3.63, 3.8) is 0 Å². The molecule has 4 rings (SSSR count). The molecule has 180 valence electrons. The first-order valence-electron chi connectivity index (χ1n) is 11.6. The number of ether oxygens (including phenoxy) is 1. The second kappa shape index (κ2) is 9.85. The van der Waals surface area contributed by atoms with Crippen LogP contribution < -0.4 is 10.6 Å². The Hall–Kier alpha value is -3.39. The van der Waals surface area contributed by atoms with Gasteiger partial charge in [-0.05, 0) is 47.9 Å². The van der Waals surface area contributed by atoms with E-state index >= 15 is 0 Å². The van der Waals surface area contributed by atoms with Gasteiger partial charge in [-0.25, -0.2) is 9.59 Å². The lowest BCUT2D eigenvalue weighted by atomic mass is 9.97. The number of aliphatic hydroxyl groups is 1. The van der Waals surface area contributed by atoms with Crippen molar-refractivity contribution in [3.8, 4) is 11.1 Å². The van der Waals surface area contributed by atoms with Gasteiger partial charge in [-0.15, -0.1) is 0 Å². The standard InChI is InChI=1S/C26H30N2O6/c1-26(15-29,24(31)32)28-23(30)13-16-7-6-12-22(16)27-25(33)34-14-21-19-10-4-2-8-17(19)18-9-3-5-11-20(18)21/h2-5,8-11,16,21-22,29H,6-7,12-15H2,1H3,(H,27,33)(H,28,30)(H,31,32)/t16-,22+,26?/m0/s1. The zero-order valence-electron chi connectivity index (χ0n) is 19.1. The van der Waals surface area contributed by atoms with Gasteiger partial charge in [-0.1, -0.05) is 55.0 Å². The second-order valence-corrected chi connectivity index (χ2v) is 9.32. The number of fused-ring (bicyclic) bond motifs is 3. The molecule has 0 heterocycles. The summed E-state index contributed by atoms with van der Waals surface area (Å²) < 4.78 is 5.62. The number of hydrogen-bond acceptors (Lipinski definition) is 5. The van der Waals surface area contributed by atoms with Crippen molar-refractivity contribution in [2.24, 2.45) is 5.92 Å². The van der Waals surface area contributed by atoms with Crippen LogP contribution in [0.1, 0.15) is 49.7 Å². The summed E-state index contributed by atoms with van der Waals surface area (Å²) in [4.78, 5) is 36.4. The number of alkyl carbamates (subject to hydrolysis) is 1. The number of carboxylic acid groups (broad SMARTS) is 1. The van der Waals surface area contributed by atoms with Crippen molar-refractivity contribution in [1.29, 1.82) is 0 Å². The zero-order chi connectivity index (χ0) is 24.3. The molecule has 0 radical (unpaired) electrons. The fourth-order valence-corrected chi connectivity index (χ4v) is 5.02. The summed E-state index contributed by atoms with van der Waals surface area (Å²) in [6, 6.07) is 16.0. The summed E-state index contributed by atoms with van der Waals surface area (Å²) in [5.74, 6) is -1.93. The SMILES string of the molecule is CC(CO)(NC(=O)C[C@@H]1CCC[C@H]1NC(=O)OCC1c2ccccc2-c2ccccc21)C(=O)O. The molecule has 2 aromatic carbocycles. The Morgan fingerprint density at radius 2 is 1.65 bits per heavy atom. The minimum absolute atomic E-state index is 0.0320. The molecule has 2 amide bonds. The molecule has 8 nitrogen and oxygen atoms in total. The molecule has 0 aliphatic heterocycles. The van der Waals surface area contributed by atoms with Crippen LogP contribution >= 0.6 is 0 Å². The van der Waals surface area contributed by atoms with Gasteiger partial charge >= 0.3 is 12.1 Å². The van der Waals surface area contributed by atoms with E-state index in [1.165, 1.54) is 6.92 Å². The number of hydrogen-bond donors (Lipinski definition) is 4. The Morgan fingerprint density at radius 3 is 2.24 bits per heavy atom. The van der Waals surface area contributed by atoms with Gasteiger partial charge in [0, 0.05) is 18.4 Å². The molecule has 2 aliphatic rings. The third-order valence-electron chi connectivity index (χ3n) is 6.96. The van der Waals surface area contributed by atoms with E-state index in [1.807, 2.05) is 24.3 Å². The van der Waals surface area contributed by atoms with Gasteiger partial charge < -0.3 is 25.6 Å². The van der Waals surface area contributed by atoms with Crippen LogP contribution in [0.4, 0.5) is 4.79 Å². The van der Waals surface area contributed by atoms with Crippen molar-refractivity contribution >= 4 is 18.0 Å². The fraction of sp³-hybridized carbons (Fsp3) is 0.423. The van der Waals surface area contributed by atoms with Crippen LogP contribution in [0.15, 0.2) is 48.5 Å². The van der Waals surface area contributed by atoms with E-state index in [0.29, 0.717) is 0 Å². The quantitative estimate of drug-likeness (QED) is 0.474. The van der Waals surface area contributed by atoms with E-state index in [2.05, 4.69) is 34.9 Å². The Kier molecular flexibility index (Phi) is 6.88. The summed E-state index contributed by atoms with van der Waals surface area (Å²) in [6.07, 6.45) is 1.85. The van der Waals surface area contributed by atoms with Gasteiger partial charge in [0.1, 0.15) is 6.61 Å². The van der Waals surface area contributed by atoms with Crippen LogP contribution in [-0.4, -0.2) is 53.0 Å². The monoisotopic (exact) mass is 466 g/mol. The summed E-state index contributed by atoms with van der Waals surface area (Å²) in [5.41, 5.74) is 2.86. The van der Waals surface area contributed by atoms with Crippen molar-refractivity contribution in [1.82, 2.24) is 10.6 Å². The second-order valence-electron chi connectivity index (χ2n) is 9.32. The van der Waals surface area contributed by atoms with Crippen LogP contribution in [0.3, 0.4) is 0 Å². The number of carbonyl (C=O) groups is 3. The van der Waals surface area contributed by atoms with E-state index in [9.17, 15) is 24.6 Å². The van der Waals surface area contributed by atoms with E-state index in [4.69, 9.17) is 4.74 Å². The Morgan fingerprint density at radius 1 is 1.03 bits per heavy atom. The molecule has 4 N–H and O–H groups in total. The molecule has 1 fully saturated rings. The summed E-state index contributed by atoms with van der Waals surface area (Å²) in [7, 11) is 0. The van der Waals surface area contributed by atoms with Crippen molar-refractivity contribution in [2.75, 3.05) is 13.2 Å². The number of amides is 2. The molecule has 2 aromatic rings. The van der Waals surface area contributed by atoms with E-state index in [0.717, 1.165) is 41.5 Å². The van der Waals surface area contributed by atoms with Crippen LogP contribution in [0, 0.1) is 5.92 Å². The predicted octanol–water partition coefficient (Wildman–Crippen LogP) is 3.04. The lowest BCUT2D eigenvalue weighted by Crippen LogP contribution is -2.55. The molecular weight excluding hydrogens is 436 g/mol. The molecule has 0 saturated heterocycles. The number of aliphatic hydroxyl groups excluding tert-OH is 1. The summed E-state index contributed by atoms with van der Waals surface area (Å²) in [5, 5.41) is 23.9. The molecule has 8 heteroatoms. The molecule has 34 heavy (non-hydrogen) atoms. The van der Waals surface area contributed by atoms with Crippen LogP contribution in [0.5, 0.6) is 0 Å².